The second-order valence-electron chi connectivity index (χ2n) is 5.42. The predicted molar refractivity (Wildman–Crippen MR) is 72.3 cm³/mol. The van der Waals surface area contributed by atoms with Gasteiger partial charge in [-0.2, -0.15) is 0 Å². The van der Waals surface area contributed by atoms with Crippen LogP contribution in [0.4, 0.5) is 0 Å². The molecule has 0 bridgehead atoms. The first-order valence-corrected chi connectivity index (χ1v) is 10.0. The highest BCUT2D eigenvalue weighted by molar-refractivity contribution is 6.77. The van der Waals surface area contributed by atoms with E-state index in [0.29, 0.717) is 0 Å². The van der Waals surface area contributed by atoms with E-state index in [1.54, 1.807) is 7.11 Å². The third-order valence-corrected chi connectivity index (χ3v) is 6.69. The molecule has 15 heavy (non-hydrogen) atoms. The number of hydrogen-bond acceptors (Lipinski definition) is 1. The van der Waals surface area contributed by atoms with Crippen LogP contribution < -0.4 is 0 Å². The zero-order valence-electron chi connectivity index (χ0n) is 11.3. The van der Waals surface area contributed by atoms with Crippen molar-refractivity contribution in [1.29, 1.82) is 0 Å². The Hall–Kier alpha value is 0.177. The van der Waals surface area contributed by atoms with E-state index in [1.807, 2.05) is 0 Å². The number of unbranched alkanes of at least 4 members (excludes halogenated alkanes) is 4. The summed E-state index contributed by atoms with van der Waals surface area (Å²) >= 11 is 0. The van der Waals surface area contributed by atoms with Crippen molar-refractivity contribution in [2.45, 2.75) is 70.6 Å². The molecule has 0 heterocycles. The summed E-state index contributed by atoms with van der Waals surface area (Å²) in [6, 6.07) is 3.04. The normalized spacial score (nSPS) is 12.0. The van der Waals surface area contributed by atoms with Crippen molar-refractivity contribution >= 4 is 8.07 Å². The van der Waals surface area contributed by atoms with Crippen LogP contribution >= 0.6 is 0 Å². The van der Waals surface area contributed by atoms with Gasteiger partial charge < -0.3 is 4.74 Å². The van der Waals surface area contributed by atoms with Crippen LogP contribution in [-0.4, -0.2) is 21.8 Å². The van der Waals surface area contributed by atoms with Crippen molar-refractivity contribution in [2.24, 2.45) is 0 Å². The summed E-state index contributed by atoms with van der Waals surface area (Å²) in [5.74, 6) is 0. The van der Waals surface area contributed by atoms with E-state index in [-0.39, 0.29) is 0 Å². The minimum Gasteiger partial charge on any atom is -0.385 e. The summed E-state index contributed by atoms with van der Waals surface area (Å²) < 4.78 is 5.04. The minimum absolute atomic E-state index is 0.803. The van der Waals surface area contributed by atoms with Gasteiger partial charge in [-0.3, -0.25) is 0 Å². The lowest BCUT2D eigenvalue weighted by Crippen LogP contribution is -2.24. The van der Waals surface area contributed by atoms with Crippen LogP contribution in [0.2, 0.25) is 25.2 Å². The molecule has 0 aromatic heterocycles. The van der Waals surface area contributed by atoms with Crippen LogP contribution in [0.1, 0.15) is 45.4 Å². The van der Waals surface area contributed by atoms with Gasteiger partial charge >= 0.3 is 0 Å². The van der Waals surface area contributed by atoms with Crippen molar-refractivity contribution in [2.75, 3.05) is 13.7 Å². The molecule has 0 saturated carbocycles. The average Bonchev–Trinajstić information content (AvgIpc) is 2.16. The Morgan fingerprint density at radius 1 is 0.867 bits per heavy atom. The largest absolute Gasteiger partial charge is 0.385 e. The van der Waals surface area contributed by atoms with E-state index in [0.717, 1.165) is 6.61 Å². The monoisotopic (exact) mass is 230 g/mol. The molecule has 1 nitrogen and oxygen atoms in total. The Morgan fingerprint density at radius 2 is 1.47 bits per heavy atom. The molecule has 0 aliphatic rings. The molecule has 92 valence electrons. The number of rotatable bonds is 10. The molecule has 0 N–H and O–H groups in total. The SMILES string of the molecule is CCC[Si](C)(C)CCCCCCCOC. The fraction of sp³-hybridized carbons (Fsp3) is 1.00. The highest BCUT2D eigenvalue weighted by Crippen LogP contribution is 2.21. The van der Waals surface area contributed by atoms with Crippen LogP contribution in [-0.2, 0) is 4.74 Å². The van der Waals surface area contributed by atoms with Crippen molar-refractivity contribution in [3.05, 3.63) is 0 Å². The average molecular weight is 230 g/mol. The molecule has 0 spiro atoms. The third kappa shape index (κ3) is 10.5. The predicted octanol–water partition coefficient (Wildman–Crippen LogP) is 4.70. The Balaban J connectivity index is 3.22. The summed E-state index contributed by atoms with van der Waals surface area (Å²) in [5, 5.41) is 0. The lowest BCUT2D eigenvalue weighted by Gasteiger charge is -2.21. The molecule has 0 fully saturated rings. The van der Waals surface area contributed by atoms with Crippen LogP contribution in [0.15, 0.2) is 0 Å². The van der Waals surface area contributed by atoms with Crippen LogP contribution in [0, 0.1) is 0 Å². The molecule has 2 heteroatoms. The molecule has 0 rings (SSSR count). The summed E-state index contributed by atoms with van der Waals surface area (Å²) in [6.07, 6.45) is 8.28. The smallest absolute Gasteiger partial charge is 0.0473 e. The van der Waals surface area contributed by atoms with E-state index in [2.05, 4.69) is 20.0 Å². The van der Waals surface area contributed by atoms with Gasteiger partial charge in [0.15, 0.2) is 0 Å². The molecule has 0 aromatic rings. The topological polar surface area (TPSA) is 9.23 Å². The molecular weight excluding hydrogens is 200 g/mol. The second-order valence-corrected chi connectivity index (χ2v) is 10.8. The zero-order chi connectivity index (χ0) is 11.6. The van der Waals surface area contributed by atoms with Crippen molar-refractivity contribution < 1.29 is 4.74 Å². The van der Waals surface area contributed by atoms with E-state index in [1.165, 1.54) is 50.6 Å². The molecule has 0 aliphatic carbocycles. The van der Waals surface area contributed by atoms with Gasteiger partial charge in [0.25, 0.3) is 0 Å². The van der Waals surface area contributed by atoms with Gasteiger partial charge in [-0.15, -0.1) is 0 Å². The van der Waals surface area contributed by atoms with Gasteiger partial charge in [-0.05, 0) is 6.42 Å². The highest BCUT2D eigenvalue weighted by Gasteiger charge is 2.17. The van der Waals surface area contributed by atoms with Crippen molar-refractivity contribution in [3.63, 3.8) is 0 Å². The molecule has 0 radical (unpaired) electrons. The summed E-state index contributed by atoms with van der Waals surface area (Å²) in [5.41, 5.74) is 0. The molecular formula is C13H30OSi. The standard InChI is InChI=1S/C13H30OSi/c1-5-12-15(3,4)13-10-8-6-7-9-11-14-2/h5-13H2,1-4H3. The Bertz CT molecular complexity index is 134. The van der Waals surface area contributed by atoms with Gasteiger partial charge in [-0.25, -0.2) is 0 Å². The number of hydrogen-bond donors (Lipinski definition) is 0. The van der Waals surface area contributed by atoms with Gasteiger partial charge in [0.05, 0.1) is 0 Å². The molecule has 0 aliphatic heterocycles. The summed E-state index contributed by atoms with van der Waals surface area (Å²) in [7, 11) is 0.987. The first-order chi connectivity index (χ1) is 7.12. The minimum atomic E-state index is -0.803. The Morgan fingerprint density at radius 3 is 2.07 bits per heavy atom. The molecule has 0 aromatic carbocycles. The van der Waals surface area contributed by atoms with E-state index < -0.39 is 8.07 Å². The fourth-order valence-corrected chi connectivity index (χ4v) is 4.99. The zero-order valence-corrected chi connectivity index (χ0v) is 12.3. The van der Waals surface area contributed by atoms with Gasteiger partial charge in [0, 0.05) is 21.8 Å². The van der Waals surface area contributed by atoms with Crippen LogP contribution in [0.5, 0.6) is 0 Å². The maximum absolute atomic E-state index is 5.04. The maximum atomic E-state index is 5.04. The van der Waals surface area contributed by atoms with E-state index >= 15 is 0 Å². The fourth-order valence-electron chi connectivity index (χ4n) is 2.18. The van der Waals surface area contributed by atoms with Gasteiger partial charge in [-0.1, -0.05) is 64.2 Å². The number of ether oxygens (including phenoxy) is 1. The Kier molecular flexibility index (Phi) is 9.52. The molecule has 0 unspecified atom stereocenters. The van der Waals surface area contributed by atoms with E-state index in [4.69, 9.17) is 4.74 Å². The quantitative estimate of drug-likeness (QED) is 0.390. The first kappa shape index (κ1) is 15.2. The summed E-state index contributed by atoms with van der Waals surface area (Å²) in [4.78, 5) is 0. The Labute approximate surface area is 97.6 Å². The lowest BCUT2D eigenvalue weighted by atomic mass is 10.2. The third-order valence-electron chi connectivity index (χ3n) is 3.13. The highest BCUT2D eigenvalue weighted by atomic mass is 28.3. The van der Waals surface area contributed by atoms with E-state index in [9.17, 15) is 0 Å². The summed E-state index contributed by atoms with van der Waals surface area (Å²) in [6.45, 7) is 8.35. The van der Waals surface area contributed by atoms with Crippen LogP contribution in [0.3, 0.4) is 0 Å². The number of methoxy groups -OCH3 is 1. The second kappa shape index (κ2) is 9.41. The van der Waals surface area contributed by atoms with Gasteiger partial charge in [0.2, 0.25) is 0 Å². The van der Waals surface area contributed by atoms with Crippen molar-refractivity contribution in [1.82, 2.24) is 0 Å². The van der Waals surface area contributed by atoms with Crippen LogP contribution in [0.25, 0.3) is 0 Å². The first-order valence-electron chi connectivity index (χ1n) is 6.61. The molecule has 0 atom stereocenters. The van der Waals surface area contributed by atoms with Crippen molar-refractivity contribution in [3.8, 4) is 0 Å². The van der Waals surface area contributed by atoms with Gasteiger partial charge in [0.1, 0.15) is 0 Å². The molecule has 0 amide bonds. The maximum Gasteiger partial charge on any atom is 0.0473 e. The lowest BCUT2D eigenvalue weighted by molar-refractivity contribution is 0.192. The molecule has 0 saturated heterocycles.